The molecule has 0 aliphatic rings. The second-order valence-electron chi connectivity index (χ2n) is 4.65. The molecule has 0 saturated carbocycles. The summed E-state index contributed by atoms with van der Waals surface area (Å²) in [5, 5.41) is 18.2. The van der Waals surface area contributed by atoms with E-state index in [0.717, 1.165) is 19.3 Å². The van der Waals surface area contributed by atoms with Crippen molar-refractivity contribution < 1.29 is 24.5 Å². The first-order valence-electron chi connectivity index (χ1n) is 6.86. The molecule has 2 N–H and O–H groups in total. The lowest BCUT2D eigenvalue weighted by Crippen LogP contribution is -2.11. The molecule has 0 heterocycles. The van der Waals surface area contributed by atoms with Crippen molar-refractivity contribution in [2.45, 2.75) is 32.3 Å². The molecule has 0 aliphatic carbocycles. The first-order valence-corrected chi connectivity index (χ1v) is 6.86. The molecule has 1 atom stereocenters. The van der Waals surface area contributed by atoms with Crippen LogP contribution in [0.5, 0.6) is 0 Å². The van der Waals surface area contributed by atoms with Gasteiger partial charge in [-0.15, -0.1) is 6.58 Å². The van der Waals surface area contributed by atoms with E-state index < -0.39 is 18.0 Å². The van der Waals surface area contributed by atoms with E-state index in [1.165, 1.54) is 24.3 Å². The number of rotatable bonds is 9. The van der Waals surface area contributed by atoms with Crippen LogP contribution in [0.15, 0.2) is 30.9 Å². The minimum absolute atomic E-state index is 0.0269. The minimum atomic E-state index is -1.12. The summed E-state index contributed by atoms with van der Waals surface area (Å²) >= 11 is 0. The van der Waals surface area contributed by atoms with Crippen LogP contribution in [0.25, 0.3) is 0 Å². The van der Waals surface area contributed by atoms with Gasteiger partial charge >= 0.3 is 11.9 Å². The lowest BCUT2D eigenvalue weighted by atomic mass is 9.99. The zero-order chi connectivity index (χ0) is 15.8. The van der Waals surface area contributed by atoms with Crippen molar-refractivity contribution in [3.05, 3.63) is 47.5 Å². The molecule has 1 aromatic rings. The Balaban J connectivity index is 3.04. The van der Waals surface area contributed by atoms with Crippen molar-refractivity contribution in [1.82, 2.24) is 0 Å². The number of ether oxygens (including phenoxy) is 1. The zero-order valence-corrected chi connectivity index (χ0v) is 12.0. The fourth-order valence-corrected chi connectivity index (χ4v) is 1.97. The maximum atomic E-state index is 11.3. The van der Waals surface area contributed by atoms with Gasteiger partial charge in [0, 0.05) is 6.61 Å². The minimum Gasteiger partial charge on any atom is -0.478 e. The fourth-order valence-electron chi connectivity index (χ4n) is 1.97. The Morgan fingerprint density at radius 3 is 2.52 bits per heavy atom. The fraction of sp³-hybridized carbons (Fsp3) is 0.375. The Bertz CT molecular complexity index is 521. The van der Waals surface area contributed by atoms with Gasteiger partial charge in [-0.2, -0.15) is 0 Å². The normalized spacial score (nSPS) is 11.9. The van der Waals surface area contributed by atoms with Crippen molar-refractivity contribution >= 4 is 11.9 Å². The third-order valence-electron chi connectivity index (χ3n) is 3.09. The van der Waals surface area contributed by atoms with E-state index in [4.69, 9.17) is 9.84 Å². The second kappa shape index (κ2) is 8.21. The monoisotopic (exact) mass is 292 g/mol. The number of aromatic carboxylic acids is 2. The largest absolute Gasteiger partial charge is 0.478 e. The van der Waals surface area contributed by atoms with Crippen molar-refractivity contribution in [3.8, 4) is 0 Å². The van der Waals surface area contributed by atoms with Gasteiger partial charge in [0.1, 0.15) is 6.10 Å². The molecule has 0 fully saturated rings. The van der Waals surface area contributed by atoms with Gasteiger partial charge in [-0.25, -0.2) is 9.59 Å². The highest BCUT2D eigenvalue weighted by Gasteiger charge is 2.19. The van der Waals surface area contributed by atoms with Gasteiger partial charge in [-0.3, -0.25) is 0 Å². The van der Waals surface area contributed by atoms with Crippen LogP contribution in [0.3, 0.4) is 0 Å². The maximum Gasteiger partial charge on any atom is 0.336 e. The summed E-state index contributed by atoms with van der Waals surface area (Å²) in [5.74, 6) is -2.23. The molecule has 1 unspecified atom stereocenters. The van der Waals surface area contributed by atoms with Gasteiger partial charge in [-0.05, 0) is 30.2 Å². The average molecular weight is 292 g/mol. The van der Waals surface area contributed by atoms with Gasteiger partial charge in [0.25, 0.3) is 0 Å². The Hall–Kier alpha value is -2.14. The van der Waals surface area contributed by atoms with E-state index in [0.29, 0.717) is 12.2 Å². The smallest absolute Gasteiger partial charge is 0.336 e. The summed E-state index contributed by atoms with van der Waals surface area (Å²) in [6, 6.07) is 3.89. The van der Waals surface area contributed by atoms with Crippen molar-refractivity contribution in [2.75, 3.05) is 6.61 Å². The summed E-state index contributed by atoms with van der Waals surface area (Å²) in [6.07, 6.45) is 3.79. The van der Waals surface area contributed by atoms with E-state index in [1.54, 1.807) is 0 Å². The van der Waals surface area contributed by atoms with Crippen molar-refractivity contribution in [2.24, 2.45) is 0 Å². The van der Waals surface area contributed by atoms with Crippen LogP contribution in [0.1, 0.15) is 58.6 Å². The molecule has 114 valence electrons. The van der Waals surface area contributed by atoms with E-state index in [1.807, 2.05) is 0 Å². The zero-order valence-electron chi connectivity index (χ0n) is 12.0. The Morgan fingerprint density at radius 1 is 1.29 bits per heavy atom. The summed E-state index contributed by atoms with van der Waals surface area (Å²) in [7, 11) is 0. The molecule has 5 nitrogen and oxygen atoms in total. The molecule has 0 saturated heterocycles. The topological polar surface area (TPSA) is 83.8 Å². The van der Waals surface area contributed by atoms with Crippen LogP contribution >= 0.6 is 0 Å². The standard InChI is InChI=1S/C16H20O5/c1-3-5-6-9-21-14(4-2)13-10-11(15(17)18)7-8-12(13)16(19)20/h4,7-8,10,14H,2-3,5-6,9H2,1H3,(H,17,18)(H,19,20). The molecule has 0 aliphatic heterocycles. The third-order valence-corrected chi connectivity index (χ3v) is 3.09. The van der Waals surface area contributed by atoms with Gasteiger partial charge in [0.05, 0.1) is 11.1 Å². The molecule has 0 aromatic heterocycles. The summed E-state index contributed by atoms with van der Waals surface area (Å²) in [5.41, 5.74) is 0.369. The summed E-state index contributed by atoms with van der Waals surface area (Å²) < 4.78 is 5.63. The van der Waals surface area contributed by atoms with E-state index in [-0.39, 0.29) is 11.1 Å². The summed E-state index contributed by atoms with van der Waals surface area (Å²) in [6.45, 7) is 6.19. The summed E-state index contributed by atoms with van der Waals surface area (Å²) in [4.78, 5) is 22.3. The first-order chi connectivity index (χ1) is 10.0. The quantitative estimate of drug-likeness (QED) is 0.537. The molecular formula is C16H20O5. The van der Waals surface area contributed by atoms with Gasteiger partial charge in [0.2, 0.25) is 0 Å². The highest BCUT2D eigenvalue weighted by molar-refractivity contribution is 5.93. The average Bonchev–Trinajstić information content (AvgIpc) is 2.46. The molecule has 5 heteroatoms. The highest BCUT2D eigenvalue weighted by atomic mass is 16.5. The molecule has 21 heavy (non-hydrogen) atoms. The van der Waals surface area contributed by atoms with Gasteiger partial charge in [-0.1, -0.05) is 25.8 Å². The van der Waals surface area contributed by atoms with E-state index >= 15 is 0 Å². The van der Waals surface area contributed by atoms with Crippen LogP contribution in [-0.2, 0) is 4.74 Å². The number of unbranched alkanes of at least 4 members (excludes halogenated alkanes) is 2. The lowest BCUT2D eigenvalue weighted by Gasteiger charge is -2.17. The molecule has 0 radical (unpaired) electrons. The SMILES string of the molecule is C=CC(OCCCCC)c1cc(C(=O)O)ccc1C(=O)O. The predicted molar refractivity (Wildman–Crippen MR) is 78.8 cm³/mol. The molecule has 0 amide bonds. The lowest BCUT2D eigenvalue weighted by molar-refractivity contribution is 0.0652. The van der Waals surface area contributed by atoms with Crippen LogP contribution in [0, 0.1) is 0 Å². The highest BCUT2D eigenvalue weighted by Crippen LogP contribution is 2.25. The number of benzene rings is 1. The van der Waals surface area contributed by atoms with Crippen LogP contribution in [-0.4, -0.2) is 28.8 Å². The van der Waals surface area contributed by atoms with Crippen molar-refractivity contribution in [3.63, 3.8) is 0 Å². The number of hydrogen-bond donors (Lipinski definition) is 2. The number of carboxylic acids is 2. The molecule has 1 rings (SSSR count). The third kappa shape index (κ3) is 4.72. The number of carboxylic acid groups (broad SMARTS) is 2. The number of carbonyl (C=O) groups is 2. The van der Waals surface area contributed by atoms with Crippen LogP contribution in [0.2, 0.25) is 0 Å². The predicted octanol–water partition coefficient (Wildman–Crippen LogP) is 3.52. The Labute approximate surface area is 123 Å². The van der Waals surface area contributed by atoms with Crippen LogP contribution in [0.4, 0.5) is 0 Å². The molecule has 0 spiro atoms. The van der Waals surface area contributed by atoms with E-state index in [9.17, 15) is 14.7 Å². The first kappa shape index (κ1) is 16.9. The van der Waals surface area contributed by atoms with Gasteiger partial charge in [0.15, 0.2) is 0 Å². The Kier molecular flexibility index (Phi) is 6.62. The molecule has 0 bridgehead atoms. The second-order valence-corrected chi connectivity index (χ2v) is 4.65. The Morgan fingerprint density at radius 2 is 2.00 bits per heavy atom. The number of hydrogen-bond acceptors (Lipinski definition) is 3. The molecule has 1 aromatic carbocycles. The van der Waals surface area contributed by atoms with E-state index in [2.05, 4.69) is 13.5 Å². The van der Waals surface area contributed by atoms with Crippen molar-refractivity contribution in [1.29, 1.82) is 0 Å². The van der Waals surface area contributed by atoms with Gasteiger partial charge < -0.3 is 14.9 Å². The maximum absolute atomic E-state index is 11.3. The molecular weight excluding hydrogens is 272 g/mol. The van der Waals surface area contributed by atoms with Crippen LogP contribution < -0.4 is 0 Å².